The van der Waals surface area contributed by atoms with Crippen LogP contribution in [0.4, 0.5) is 11.4 Å². The number of nitro benzene ring substituents is 1. The number of benzene rings is 2. The van der Waals surface area contributed by atoms with E-state index in [1.54, 1.807) is 18.2 Å². The topological polar surface area (TPSA) is 75.8 Å². The highest BCUT2D eigenvalue weighted by Crippen LogP contribution is 2.54. The van der Waals surface area contributed by atoms with E-state index in [0.717, 1.165) is 10.6 Å². The summed E-state index contributed by atoms with van der Waals surface area (Å²) >= 11 is 0. The number of nitro groups is 1. The second-order valence-electron chi connectivity index (χ2n) is 6.57. The molecule has 2 aromatic rings. The van der Waals surface area contributed by atoms with Gasteiger partial charge in [0.15, 0.2) is 0 Å². The van der Waals surface area contributed by atoms with Gasteiger partial charge >= 0.3 is 0 Å². The Labute approximate surface area is 138 Å². The normalized spacial score (nSPS) is 22.9. The summed E-state index contributed by atoms with van der Waals surface area (Å²) in [7, 11) is 0. The van der Waals surface area contributed by atoms with Gasteiger partial charge in [0, 0.05) is 17.7 Å². The highest BCUT2D eigenvalue weighted by Gasteiger charge is 2.59. The molecule has 24 heavy (non-hydrogen) atoms. The molecule has 0 aliphatic carbocycles. The molecule has 2 aliphatic rings. The molecule has 0 amide bonds. The van der Waals surface area contributed by atoms with Crippen LogP contribution >= 0.6 is 0 Å². The summed E-state index contributed by atoms with van der Waals surface area (Å²) in [4.78, 5) is 10.5. The van der Waals surface area contributed by atoms with Crippen LogP contribution in [-0.4, -0.2) is 15.9 Å². The third kappa shape index (κ3) is 1.68. The Morgan fingerprint density at radius 3 is 2.67 bits per heavy atom. The van der Waals surface area contributed by atoms with E-state index in [1.807, 2.05) is 38.1 Å². The average molecular weight is 324 g/mol. The van der Waals surface area contributed by atoms with Crippen LogP contribution < -0.4 is 9.80 Å². The monoisotopic (exact) mass is 324 g/mol. The Morgan fingerprint density at radius 2 is 1.96 bits per heavy atom. The molecular weight excluding hydrogens is 308 g/mol. The first-order valence-electron chi connectivity index (χ1n) is 7.62. The van der Waals surface area contributed by atoms with E-state index in [1.165, 1.54) is 12.1 Å². The van der Waals surface area contributed by atoms with Gasteiger partial charge in [0.2, 0.25) is 5.72 Å². The molecule has 0 aromatic heterocycles. The molecule has 6 heteroatoms. The predicted octanol–water partition coefficient (Wildman–Crippen LogP) is 3.88. The number of anilines is 1. The van der Waals surface area contributed by atoms with Crippen LogP contribution in [0.15, 0.2) is 48.5 Å². The first kappa shape index (κ1) is 14.7. The van der Waals surface area contributed by atoms with Crippen LogP contribution in [0.3, 0.4) is 0 Å². The fourth-order valence-electron chi connectivity index (χ4n) is 3.55. The fraction of sp³-hybridized carbons (Fsp3) is 0.222. The Kier molecular flexibility index (Phi) is 2.81. The number of non-ortho nitro benzene ring substituents is 1. The Morgan fingerprint density at radius 1 is 1.21 bits per heavy atom. The Bertz CT molecular complexity index is 890. The van der Waals surface area contributed by atoms with E-state index in [0.29, 0.717) is 17.0 Å². The van der Waals surface area contributed by atoms with Gasteiger partial charge in [-0.05, 0) is 43.7 Å². The molecule has 0 fully saturated rings. The SMILES string of the molecule is CC1(C)c2ccccc2N(O)C12C=Cc1cc([N+](=O)[O-])ccc1O2. The predicted molar refractivity (Wildman–Crippen MR) is 89.2 cm³/mol. The first-order chi connectivity index (χ1) is 11.4. The Hall–Kier alpha value is -2.86. The highest BCUT2D eigenvalue weighted by atomic mass is 16.6. The second-order valence-corrected chi connectivity index (χ2v) is 6.57. The van der Waals surface area contributed by atoms with Crippen LogP contribution in [0.1, 0.15) is 25.0 Å². The van der Waals surface area contributed by atoms with Crippen molar-refractivity contribution in [3.63, 3.8) is 0 Å². The number of rotatable bonds is 1. The summed E-state index contributed by atoms with van der Waals surface area (Å²) in [6.07, 6.45) is 3.53. The highest BCUT2D eigenvalue weighted by molar-refractivity contribution is 5.71. The fourth-order valence-corrected chi connectivity index (χ4v) is 3.55. The zero-order chi connectivity index (χ0) is 17.1. The number of hydrogen-bond donors (Lipinski definition) is 1. The third-order valence-electron chi connectivity index (χ3n) is 4.97. The van der Waals surface area contributed by atoms with E-state index < -0.39 is 16.1 Å². The largest absolute Gasteiger partial charge is 0.461 e. The molecule has 1 unspecified atom stereocenters. The van der Waals surface area contributed by atoms with E-state index in [2.05, 4.69) is 0 Å². The summed E-state index contributed by atoms with van der Waals surface area (Å²) in [5.74, 6) is 0.503. The molecule has 4 rings (SSSR count). The minimum absolute atomic E-state index is 0.00720. The van der Waals surface area contributed by atoms with Crippen molar-refractivity contribution in [1.82, 2.24) is 0 Å². The van der Waals surface area contributed by atoms with Gasteiger partial charge in [0.25, 0.3) is 5.69 Å². The lowest BCUT2D eigenvalue weighted by Crippen LogP contribution is -2.58. The second kappa shape index (κ2) is 4.58. The van der Waals surface area contributed by atoms with Gasteiger partial charge < -0.3 is 4.74 Å². The summed E-state index contributed by atoms with van der Waals surface area (Å²) in [6.45, 7) is 4.01. The first-order valence-corrected chi connectivity index (χ1v) is 7.62. The molecule has 2 aliphatic heterocycles. The van der Waals surface area contributed by atoms with Crippen molar-refractivity contribution in [2.45, 2.75) is 25.0 Å². The smallest absolute Gasteiger partial charge is 0.270 e. The van der Waals surface area contributed by atoms with Crippen molar-refractivity contribution in [3.8, 4) is 5.75 Å². The molecule has 1 N–H and O–H groups in total. The molecule has 1 spiro atoms. The number of para-hydroxylation sites is 1. The van der Waals surface area contributed by atoms with Gasteiger partial charge in [0.1, 0.15) is 5.75 Å². The molecule has 0 saturated carbocycles. The van der Waals surface area contributed by atoms with Crippen molar-refractivity contribution < 1.29 is 14.9 Å². The number of ether oxygens (including phenoxy) is 1. The van der Waals surface area contributed by atoms with Crippen LogP contribution in [-0.2, 0) is 5.41 Å². The van der Waals surface area contributed by atoms with Crippen molar-refractivity contribution in [2.75, 3.05) is 5.06 Å². The van der Waals surface area contributed by atoms with Crippen molar-refractivity contribution in [3.05, 3.63) is 69.8 Å². The standard InChI is InChI=1S/C18H16N2O4/c1-17(2)14-5-3-4-6-15(14)19(21)18(17)10-9-12-11-13(20(22)23)7-8-16(12)24-18/h3-11,21H,1-2H3. The quantitative estimate of drug-likeness (QED) is 0.636. The van der Waals surface area contributed by atoms with Gasteiger partial charge in [-0.3, -0.25) is 15.3 Å². The molecule has 0 radical (unpaired) electrons. The van der Waals surface area contributed by atoms with Crippen LogP contribution in [0.2, 0.25) is 0 Å². The summed E-state index contributed by atoms with van der Waals surface area (Å²) in [5, 5.41) is 22.9. The zero-order valence-corrected chi connectivity index (χ0v) is 13.3. The summed E-state index contributed by atoms with van der Waals surface area (Å²) in [6, 6.07) is 12.0. The average Bonchev–Trinajstić information content (AvgIpc) is 2.74. The molecule has 122 valence electrons. The van der Waals surface area contributed by atoms with Gasteiger partial charge in [-0.1, -0.05) is 18.2 Å². The van der Waals surface area contributed by atoms with Crippen molar-refractivity contribution >= 4 is 17.5 Å². The lowest BCUT2D eigenvalue weighted by Gasteiger charge is -2.44. The van der Waals surface area contributed by atoms with E-state index in [9.17, 15) is 15.3 Å². The van der Waals surface area contributed by atoms with Gasteiger partial charge in [-0.2, -0.15) is 0 Å². The van der Waals surface area contributed by atoms with E-state index >= 15 is 0 Å². The van der Waals surface area contributed by atoms with E-state index in [4.69, 9.17) is 4.74 Å². The molecule has 0 saturated heterocycles. The maximum Gasteiger partial charge on any atom is 0.270 e. The van der Waals surface area contributed by atoms with Gasteiger partial charge in [-0.25, -0.2) is 5.06 Å². The molecule has 1 atom stereocenters. The number of hydroxylamine groups is 1. The lowest BCUT2D eigenvalue weighted by molar-refractivity contribution is -0.384. The maximum atomic E-state index is 10.9. The van der Waals surface area contributed by atoms with Gasteiger partial charge in [-0.15, -0.1) is 0 Å². The minimum atomic E-state index is -1.10. The molecular formula is C18H16N2O4. The summed E-state index contributed by atoms with van der Waals surface area (Å²) in [5.41, 5.74) is 0.677. The zero-order valence-electron chi connectivity index (χ0n) is 13.3. The number of fused-ring (bicyclic) bond motifs is 2. The van der Waals surface area contributed by atoms with E-state index in [-0.39, 0.29) is 5.69 Å². The van der Waals surface area contributed by atoms with Gasteiger partial charge in [0.05, 0.1) is 16.0 Å². The van der Waals surface area contributed by atoms with Crippen LogP contribution in [0.25, 0.3) is 6.08 Å². The maximum absolute atomic E-state index is 10.9. The molecule has 2 aromatic carbocycles. The number of hydrogen-bond acceptors (Lipinski definition) is 5. The minimum Gasteiger partial charge on any atom is -0.461 e. The lowest BCUT2D eigenvalue weighted by atomic mass is 9.76. The van der Waals surface area contributed by atoms with Crippen molar-refractivity contribution in [2.24, 2.45) is 0 Å². The van der Waals surface area contributed by atoms with Crippen LogP contribution in [0.5, 0.6) is 5.75 Å². The van der Waals surface area contributed by atoms with Crippen molar-refractivity contribution in [1.29, 1.82) is 0 Å². The molecule has 6 nitrogen and oxygen atoms in total. The third-order valence-corrected chi connectivity index (χ3v) is 4.97. The summed E-state index contributed by atoms with van der Waals surface area (Å²) < 4.78 is 6.19. The Balaban J connectivity index is 1.84. The van der Waals surface area contributed by atoms with Crippen LogP contribution in [0, 0.1) is 10.1 Å². The molecule has 2 heterocycles. The molecule has 0 bridgehead atoms. The number of nitrogens with zero attached hydrogens (tertiary/aromatic N) is 2.